The third kappa shape index (κ3) is 9.39. The van der Waals surface area contributed by atoms with Gasteiger partial charge in [-0.25, -0.2) is 13.2 Å². The molecular formula is C32H43N5O4S. The lowest BCUT2D eigenvalue weighted by Gasteiger charge is -2.38. The molecule has 1 fully saturated rings. The van der Waals surface area contributed by atoms with Crippen LogP contribution in [0.4, 0.5) is 21.9 Å². The summed E-state index contributed by atoms with van der Waals surface area (Å²) in [4.78, 5) is 19.9. The number of urea groups is 1. The van der Waals surface area contributed by atoms with Crippen molar-refractivity contribution in [1.82, 2.24) is 9.80 Å². The minimum Gasteiger partial charge on any atom is -0.457 e. The number of carbonyl (C=O) groups is 1. The quantitative estimate of drug-likeness (QED) is 0.259. The van der Waals surface area contributed by atoms with Crippen molar-refractivity contribution in [2.75, 3.05) is 54.9 Å². The van der Waals surface area contributed by atoms with Gasteiger partial charge in [-0.3, -0.25) is 9.62 Å². The Hall–Kier alpha value is -3.76. The average molecular weight is 594 g/mol. The van der Waals surface area contributed by atoms with Gasteiger partial charge in [0.25, 0.3) is 0 Å². The van der Waals surface area contributed by atoms with Gasteiger partial charge in [0.05, 0.1) is 6.26 Å². The zero-order chi connectivity index (χ0) is 30.1. The highest BCUT2D eigenvalue weighted by molar-refractivity contribution is 7.92. The highest BCUT2D eigenvalue weighted by Crippen LogP contribution is 2.26. The SMILES string of the molecule is CCCCN(C(=O)Nc1cccc(N(C)C)c1)C1CCN(Cc2ccc(Oc3ccc(NS(C)(=O)=O)cc3)cc2)CC1. The molecule has 226 valence electrons. The van der Waals surface area contributed by atoms with Gasteiger partial charge < -0.3 is 19.9 Å². The van der Waals surface area contributed by atoms with Crippen LogP contribution in [0.5, 0.6) is 11.5 Å². The number of nitrogens with zero attached hydrogens (tertiary/aromatic N) is 3. The first-order valence-corrected chi connectivity index (χ1v) is 16.4. The summed E-state index contributed by atoms with van der Waals surface area (Å²) >= 11 is 0. The smallest absolute Gasteiger partial charge is 0.322 e. The van der Waals surface area contributed by atoms with Crippen LogP contribution in [0.2, 0.25) is 0 Å². The molecule has 1 saturated heterocycles. The first-order valence-electron chi connectivity index (χ1n) is 14.5. The Morgan fingerprint density at radius 1 is 0.952 bits per heavy atom. The van der Waals surface area contributed by atoms with E-state index in [9.17, 15) is 13.2 Å². The van der Waals surface area contributed by atoms with E-state index in [2.05, 4.69) is 34.0 Å². The van der Waals surface area contributed by atoms with Crippen molar-refractivity contribution in [3.05, 3.63) is 78.4 Å². The van der Waals surface area contributed by atoms with Crippen molar-refractivity contribution in [1.29, 1.82) is 0 Å². The summed E-state index contributed by atoms with van der Waals surface area (Å²) < 4.78 is 31.1. The van der Waals surface area contributed by atoms with Crippen molar-refractivity contribution >= 4 is 33.1 Å². The van der Waals surface area contributed by atoms with Crippen LogP contribution in [0.25, 0.3) is 0 Å². The van der Waals surface area contributed by atoms with Gasteiger partial charge in [0, 0.05) is 63.4 Å². The second kappa shape index (κ2) is 14.4. The zero-order valence-electron chi connectivity index (χ0n) is 25.0. The molecule has 2 amide bonds. The van der Waals surface area contributed by atoms with Gasteiger partial charge in [-0.1, -0.05) is 31.5 Å². The van der Waals surface area contributed by atoms with E-state index < -0.39 is 10.0 Å². The Labute approximate surface area is 250 Å². The predicted molar refractivity (Wildman–Crippen MR) is 171 cm³/mol. The van der Waals surface area contributed by atoms with E-state index in [1.165, 1.54) is 5.56 Å². The fraction of sp³-hybridized carbons (Fsp3) is 0.406. The standard InChI is InChI=1S/C32H43N5O4S/c1-5-6-20-37(32(38)33-27-8-7-9-29(23-27)35(2)3)28-18-21-36(22-19-28)24-25-10-14-30(15-11-25)41-31-16-12-26(13-17-31)34-42(4,39)40/h7-17,23,28,34H,5-6,18-22,24H2,1-4H3,(H,33,38). The summed E-state index contributed by atoms with van der Waals surface area (Å²) in [5, 5.41) is 3.14. The molecule has 1 heterocycles. The van der Waals surface area contributed by atoms with Crippen LogP contribution >= 0.6 is 0 Å². The second-order valence-corrected chi connectivity index (χ2v) is 12.8. The molecule has 0 spiro atoms. The third-order valence-corrected chi connectivity index (χ3v) is 7.95. The summed E-state index contributed by atoms with van der Waals surface area (Å²) in [6.07, 6.45) is 5.04. The van der Waals surface area contributed by atoms with Gasteiger partial charge in [0.15, 0.2) is 0 Å². The molecule has 0 atom stereocenters. The fourth-order valence-electron chi connectivity index (χ4n) is 5.09. The number of hydrogen-bond acceptors (Lipinski definition) is 6. The first kappa shape index (κ1) is 31.2. The number of sulfonamides is 1. The van der Waals surface area contributed by atoms with Crippen molar-refractivity contribution in [2.24, 2.45) is 0 Å². The van der Waals surface area contributed by atoms with E-state index in [1.54, 1.807) is 24.3 Å². The van der Waals surface area contributed by atoms with Gasteiger partial charge in [-0.15, -0.1) is 0 Å². The van der Waals surface area contributed by atoms with E-state index in [1.807, 2.05) is 60.3 Å². The number of nitrogens with one attached hydrogen (secondary N) is 2. The van der Waals surface area contributed by atoms with Gasteiger partial charge in [-0.2, -0.15) is 0 Å². The number of amides is 2. The molecule has 1 aliphatic rings. The van der Waals surface area contributed by atoms with Gasteiger partial charge >= 0.3 is 6.03 Å². The molecule has 0 aliphatic carbocycles. The Balaban J connectivity index is 1.28. The summed E-state index contributed by atoms with van der Waals surface area (Å²) in [6, 6.07) is 23.0. The number of hydrogen-bond donors (Lipinski definition) is 2. The van der Waals surface area contributed by atoms with E-state index in [0.717, 1.165) is 75.2 Å². The van der Waals surface area contributed by atoms with Crippen molar-refractivity contribution < 1.29 is 17.9 Å². The topological polar surface area (TPSA) is 94.2 Å². The zero-order valence-corrected chi connectivity index (χ0v) is 25.9. The van der Waals surface area contributed by atoms with Gasteiger partial charge in [-0.05, 0) is 79.4 Å². The molecule has 3 aromatic carbocycles. The number of benzene rings is 3. The molecule has 0 unspecified atom stereocenters. The Bertz CT molecular complexity index is 1400. The lowest BCUT2D eigenvalue weighted by Crippen LogP contribution is -2.49. The highest BCUT2D eigenvalue weighted by Gasteiger charge is 2.28. The maximum Gasteiger partial charge on any atom is 0.322 e. The fourth-order valence-corrected chi connectivity index (χ4v) is 5.65. The molecule has 0 radical (unpaired) electrons. The molecular weight excluding hydrogens is 550 g/mol. The summed E-state index contributed by atoms with van der Waals surface area (Å²) in [6.45, 7) is 5.63. The maximum absolute atomic E-state index is 13.4. The molecule has 2 N–H and O–H groups in total. The number of ether oxygens (including phenoxy) is 1. The number of unbranched alkanes of at least 4 members (excludes halogenated alkanes) is 1. The van der Waals surface area contributed by atoms with E-state index in [0.29, 0.717) is 11.4 Å². The van der Waals surface area contributed by atoms with Crippen LogP contribution in [0.3, 0.4) is 0 Å². The number of rotatable bonds is 12. The van der Waals surface area contributed by atoms with Crippen LogP contribution in [0, 0.1) is 0 Å². The maximum atomic E-state index is 13.4. The number of likely N-dealkylation sites (tertiary alicyclic amines) is 1. The summed E-state index contributed by atoms with van der Waals surface area (Å²) in [5.74, 6) is 1.35. The van der Waals surface area contributed by atoms with E-state index in [-0.39, 0.29) is 12.1 Å². The molecule has 0 aromatic heterocycles. The van der Waals surface area contributed by atoms with Gasteiger partial charge in [0.1, 0.15) is 11.5 Å². The van der Waals surface area contributed by atoms with Crippen LogP contribution in [-0.4, -0.2) is 70.3 Å². The summed E-state index contributed by atoms with van der Waals surface area (Å²) in [5.41, 5.74) is 3.57. The lowest BCUT2D eigenvalue weighted by molar-refractivity contribution is 0.122. The Kier molecular flexibility index (Phi) is 10.7. The predicted octanol–water partition coefficient (Wildman–Crippen LogP) is 6.22. The van der Waals surface area contributed by atoms with Crippen LogP contribution in [0.15, 0.2) is 72.8 Å². The molecule has 0 saturated carbocycles. The number of carbonyl (C=O) groups excluding carboxylic acids is 1. The van der Waals surface area contributed by atoms with Crippen molar-refractivity contribution in [3.8, 4) is 11.5 Å². The van der Waals surface area contributed by atoms with Crippen LogP contribution in [0.1, 0.15) is 38.2 Å². The minimum atomic E-state index is -3.31. The molecule has 4 rings (SSSR count). The van der Waals surface area contributed by atoms with Crippen molar-refractivity contribution in [3.63, 3.8) is 0 Å². The third-order valence-electron chi connectivity index (χ3n) is 7.35. The van der Waals surface area contributed by atoms with Crippen LogP contribution < -0.4 is 19.7 Å². The minimum absolute atomic E-state index is 0.0188. The second-order valence-electron chi connectivity index (χ2n) is 11.1. The average Bonchev–Trinajstić information content (AvgIpc) is 2.95. The van der Waals surface area contributed by atoms with E-state index in [4.69, 9.17) is 4.74 Å². The molecule has 3 aromatic rings. The first-order chi connectivity index (χ1) is 20.1. The molecule has 42 heavy (non-hydrogen) atoms. The number of anilines is 3. The molecule has 0 bridgehead atoms. The molecule has 9 nitrogen and oxygen atoms in total. The van der Waals surface area contributed by atoms with Crippen LogP contribution in [-0.2, 0) is 16.6 Å². The van der Waals surface area contributed by atoms with Gasteiger partial charge in [0.2, 0.25) is 10.0 Å². The largest absolute Gasteiger partial charge is 0.457 e. The van der Waals surface area contributed by atoms with E-state index >= 15 is 0 Å². The monoisotopic (exact) mass is 593 g/mol. The number of piperidine rings is 1. The molecule has 1 aliphatic heterocycles. The normalized spacial score (nSPS) is 14.3. The summed E-state index contributed by atoms with van der Waals surface area (Å²) in [7, 11) is 0.676. The highest BCUT2D eigenvalue weighted by atomic mass is 32.2. The van der Waals surface area contributed by atoms with Crippen molar-refractivity contribution in [2.45, 2.75) is 45.2 Å². The Morgan fingerprint density at radius 3 is 2.19 bits per heavy atom. The Morgan fingerprint density at radius 2 is 1.60 bits per heavy atom. The lowest BCUT2D eigenvalue weighted by atomic mass is 10.0. The molecule has 10 heteroatoms.